The lowest BCUT2D eigenvalue weighted by Crippen LogP contribution is -2.36. The van der Waals surface area contributed by atoms with E-state index in [-0.39, 0.29) is 5.54 Å². The van der Waals surface area contributed by atoms with Crippen molar-refractivity contribution in [3.63, 3.8) is 0 Å². The fourth-order valence-corrected chi connectivity index (χ4v) is 2.77. The van der Waals surface area contributed by atoms with E-state index in [1.165, 1.54) is 22.3 Å². The van der Waals surface area contributed by atoms with Crippen molar-refractivity contribution >= 4 is 5.57 Å². The standard InChI is InChI=1S/C19H19N/c1-15-13-19(2,17-11-7-4-8-12-17)20-14-18(15)16-9-5-3-6-10-16/h3-14,20H,1-2H3. The molecule has 1 heteroatoms. The van der Waals surface area contributed by atoms with Crippen LogP contribution in [0, 0.1) is 0 Å². The third-order valence-corrected chi connectivity index (χ3v) is 3.90. The normalized spacial score (nSPS) is 21.7. The summed E-state index contributed by atoms with van der Waals surface area (Å²) < 4.78 is 0. The van der Waals surface area contributed by atoms with Crippen LogP contribution in [0.5, 0.6) is 0 Å². The maximum atomic E-state index is 3.55. The van der Waals surface area contributed by atoms with Crippen LogP contribution in [0.15, 0.2) is 78.5 Å². The van der Waals surface area contributed by atoms with Gasteiger partial charge in [-0.2, -0.15) is 0 Å². The first-order valence-electron chi connectivity index (χ1n) is 6.98. The van der Waals surface area contributed by atoms with Gasteiger partial charge in [0.2, 0.25) is 0 Å². The van der Waals surface area contributed by atoms with Crippen LogP contribution >= 0.6 is 0 Å². The predicted octanol–water partition coefficient (Wildman–Crippen LogP) is 4.49. The molecule has 0 spiro atoms. The zero-order valence-electron chi connectivity index (χ0n) is 11.9. The summed E-state index contributed by atoms with van der Waals surface area (Å²) in [6, 6.07) is 21.1. The van der Waals surface area contributed by atoms with Crippen molar-refractivity contribution in [1.29, 1.82) is 0 Å². The Kier molecular flexibility index (Phi) is 3.19. The number of hydrogen-bond donors (Lipinski definition) is 1. The minimum Gasteiger partial charge on any atom is -0.378 e. The lowest BCUT2D eigenvalue weighted by atomic mass is 9.85. The molecule has 0 aromatic heterocycles. The van der Waals surface area contributed by atoms with Gasteiger partial charge in [-0.05, 0) is 30.5 Å². The summed E-state index contributed by atoms with van der Waals surface area (Å²) in [6.45, 7) is 4.39. The minimum absolute atomic E-state index is 0.135. The van der Waals surface area contributed by atoms with Crippen LogP contribution in [0.25, 0.3) is 5.57 Å². The highest BCUT2D eigenvalue weighted by Crippen LogP contribution is 2.33. The molecular formula is C19H19N. The van der Waals surface area contributed by atoms with Crippen LogP contribution in [0.4, 0.5) is 0 Å². The molecule has 2 aromatic carbocycles. The Morgan fingerprint density at radius 3 is 2.05 bits per heavy atom. The third kappa shape index (κ3) is 2.27. The van der Waals surface area contributed by atoms with E-state index in [4.69, 9.17) is 0 Å². The Bertz CT molecular complexity index is 653. The molecule has 2 aromatic rings. The van der Waals surface area contributed by atoms with Gasteiger partial charge < -0.3 is 5.32 Å². The molecule has 0 bridgehead atoms. The molecule has 3 rings (SSSR count). The van der Waals surface area contributed by atoms with E-state index < -0.39 is 0 Å². The molecule has 0 saturated carbocycles. The first kappa shape index (κ1) is 12.7. The summed E-state index contributed by atoms with van der Waals surface area (Å²) >= 11 is 0. The van der Waals surface area contributed by atoms with E-state index in [1.54, 1.807) is 0 Å². The van der Waals surface area contributed by atoms with Crippen LogP contribution in [0.2, 0.25) is 0 Å². The van der Waals surface area contributed by atoms with Crippen molar-refractivity contribution in [2.45, 2.75) is 19.4 Å². The van der Waals surface area contributed by atoms with Gasteiger partial charge in [-0.25, -0.2) is 0 Å². The smallest absolute Gasteiger partial charge is 0.0782 e. The van der Waals surface area contributed by atoms with Crippen molar-refractivity contribution in [2.24, 2.45) is 0 Å². The number of dihydropyridines is 1. The highest BCUT2D eigenvalue weighted by atomic mass is 14.9. The molecule has 0 saturated heterocycles. The second kappa shape index (κ2) is 5.01. The van der Waals surface area contributed by atoms with Crippen LogP contribution in [-0.4, -0.2) is 0 Å². The topological polar surface area (TPSA) is 12.0 Å². The molecule has 1 heterocycles. The van der Waals surface area contributed by atoms with Crippen LogP contribution in [0.1, 0.15) is 25.0 Å². The average molecular weight is 261 g/mol. The Morgan fingerprint density at radius 2 is 1.45 bits per heavy atom. The average Bonchev–Trinajstić information content (AvgIpc) is 2.49. The Morgan fingerprint density at radius 1 is 0.850 bits per heavy atom. The second-order valence-electron chi connectivity index (χ2n) is 5.46. The number of nitrogens with one attached hydrogen (secondary N) is 1. The van der Waals surface area contributed by atoms with Gasteiger partial charge >= 0.3 is 0 Å². The first-order valence-corrected chi connectivity index (χ1v) is 6.98. The van der Waals surface area contributed by atoms with Crippen molar-refractivity contribution in [3.8, 4) is 0 Å². The molecule has 0 aliphatic carbocycles. The predicted molar refractivity (Wildman–Crippen MR) is 85.1 cm³/mol. The Labute approximate surface area is 120 Å². The van der Waals surface area contributed by atoms with Gasteiger partial charge in [0.15, 0.2) is 0 Å². The maximum Gasteiger partial charge on any atom is 0.0782 e. The Balaban J connectivity index is 1.95. The zero-order valence-corrected chi connectivity index (χ0v) is 11.9. The van der Waals surface area contributed by atoms with Gasteiger partial charge in [-0.3, -0.25) is 0 Å². The van der Waals surface area contributed by atoms with Crippen molar-refractivity contribution in [3.05, 3.63) is 89.6 Å². The largest absolute Gasteiger partial charge is 0.378 e. The molecule has 1 N–H and O–H groups in total. The van der Waals surface area contributed by atoms with E-state index in [1.807, 2.05) is 6.07 Å². The third-order valence-electron chi connectivity index (χ3n) is 3.90. The van der Waals surface area contributed by atoms with Crippen LogP contribution in [0.3, 0.4) is 0 Å². The zero-order chi connectivity index (χ0) is 14.0. The van der Waals surface area contributed by atoms with E-state index in [0.29, 0.717) is 0 Å². The van der Waals surface area contributed by atoms with Crippen molar-refractivity contribution in [1.82, 2.24) is 5.32 Å². The lowest BCUT2D eigenvalue weighted by molar-refractivity contribution is 0.522. The summed E-state index contributed by atoms with van der Waals surface area (Å²) in [5.74, 6) is 0. The van der Waals surface area contributed by atoms with E-state index in [0.717, 1.165) is 0 Å². The number of rotatable bonds is 2. The highest BCUT2D eigenvalue weighted by Gasteiger charge is 2.26. The van der Waals surface area contributed by atoms with Crippen LogP contribution in [-0.2, 0) is 5.54 Å². The molecule has 100 valence electrons. The molecule has 1 unspecified atom stereocenters. The molecule has 20 heavy (non-hydrogen) atoms. The van der Waals surface area contributed by atoms with Gasteiger partial charge in [0.05, 0.1) is 5.54 Å². The van der Waals surface area contributed by atoms with Gasteiger partial charge in [0, 0.05) is 11.8 Å². The van der Waals surface area contributed by atoms with Gasteiger partial charge in [0.1, 0.15) is 0 Å². The quantitative estimate of drug-likeness (QED) is 0.839. The van der Waals surface area contributed by atoms with Gasteiger partial charge in [0.25, 0.3) is 0 Å². The van der Waals surface area contributed by atoms with Gasteiger partial charge in [-0.1, -0.05) is 66.7 Å². The molecule has 0 fully saturated rings. The molecule has 1 aliphatic rings. The lowest BCUT2D eigenvalue weighted by Gasteiger charge is -2.33. The van der Waals surface area contributed by atoms with E-state index >= 15 is 0 Å². The minimum atomic E-state index is -0.135. The molecule has 0 amide bonds. The number of benzene rings is 2. The molecule has 1 atom stereocenters. The molecule has 1 nitrogen and oxygen atoms in total. The van der Waals surface area contributed by atoms with E-state index in [2.05, 4.69) is 86.0 Å². The molecule has 0 radical (unpaired) electrons. The van der Waals surface area contributed by atoms with Crippen molar-refractivity contribution < 1.29 is 0 Å². The summed E-state index contributed by atoms with van der Waals surface area (Å²) in [7, 11) is 0. The highest BCUT2D eigenvalue weighted by molar-refractivity contribution is 5.79. The molecule has 1 aliphatic heterocycles. The first-order chi connectivity index (χ1) is 9.69. The summed E-state index contributed by atoms with van der Waals surface area (Å²) in [4.78, 5) is 0. The summed E-state index contributed by atoms with van der Waals surface area (Å²) in [5, 5.41) is 3.55. The number of allylic oxidation sites excluding steroid dienone is 2. The second-order valence-corrected chi connectivity index (χ2v) is 5.46. The molecular weight excluding hydrogens is 242 g/mol. The number of hydrogen-bond acceptors (Lipinski definition) is 1. The van der Waals surface area contributed by atoms with Crippen LogP contribution < -0.4 is 5.32 Å². The summed E-state index contributed by atoms with van der Waals surface area (Å²) in [5.41, 5.74) is 4.97. The monoisotopic (exact) mass is 261 g/mol. The summed E-state index contributed by atoms with van der Waals surface area (Å²) in [6.07, 6.45) is 4.45. The maximum absolute atomic E-state index is 3.55. The fraction of sp³-hybridized carbons (Fsp3) is 0.158. The van der Waals surface area contributed by atoms with Gasteiger partial charge in [-0.15, -0.1) is 0 Å². The fourth-order valence-electron chi connectivity index (χ4n) is 2.77. The SMILES string of the molecule is CC1=CC(C)(c2ccccc2)NC=C1c1ccccc1. The van der Waals surface area contributed by atoms with Crippen molar-refractivity contribution in [2.75, 3.05) is 0 Å². The van der Waals surface area contributed by atoms with E-state index in [9.17, 15) is 0 Å². The Hall–Kier alpha value is -2.28.